The highest BCUT2D eigenvalue weighted by molar-refractivity contribution is 5.78. The van der Waals surface area contributed by atoms with Crippen molar-refractivity contribution < 1.29 is 19.4 Å². The maximum Gasteiger partial charge on any atom is 0.407 e. The Balaban J connectivity index is 1.73. The molecule has 6 nitrogen and oxygen atoms in total. The van der Waals surface area contributed by atoms with Crippen LogP contribution in [0.25, 0.3) is 0 Å². The second kappa shape index (κ2) is 7.26. The second-order valence-corrected chi connectivity index (χ2v) is 5.87. The predicted octanol–water partition coefficient (Wildman–Crippen LogP) is 1.89. The fourth-order valence-electron chi connectivity index (χ4n) is 2.80. The minimum Gasteiger partial charge on any atom is -0.480 e. The van der Waals surface area contributed by atoms with Gasteiger partial charge in [-0.05, 0) is 30.7 Å². The first-order chi connectivity index (χ1) is 10.5. The highest BCUT2D eigenvalue weighted by Gasteiger charge is 2.39. The summed E-state index contributed by atoms with van der Waals surface area (Å²) in [6.45, 7) is 0.604. The van der Waals surface area contributed by atoms with E-state index in [1.807, 2.05) is 30.3 Å². The Morgan fingerprint density at radius 3 is 2.77 bits per heavy atom. The summed E-state index contributed by atoms with van der Waals surface area (Å²) < 4.78 is 5.12. The van der Waals surface area contributed by atoms with E-state index in [0.29, 0.717) is 19.4 Å². The number of benzene rings is 1. The molecule has 0 aliphatic heterocycles. The van der Waals surface area contributed by atoms with Crippen LogP contribution in [0.5, 0.6) is 0 Å². The van der Waals surface area contributed by atoms with Crippen LogP contribution in [0.4, 0.5) is 4.79 Å². The van der Waals surface area contributed by atoms with Crippen LogP contribution in [0.1, 0.15) is 31.2 Å². The molecule has 1 amide bonds. The van der Waals surface area contributed by atoms with Gasteiger partial charge in [0.25, 0.3) is 0 Å². The van der Waals surface area contributed by atoms with Gasteiger partial charge in [0.1, 0.15) is 12.1 Å². The van der Waals surface area contributed by atoms with Crippen molar-refractivity contribution in [1.82, 2.24) is 5.32 Å². The summed E-state index contributed by atoms with van der Waals surface area (Å²) in [6.07, 6.45) is 1.99. The lowest BCUT2D eigenvalue weighted by Gasteiger charge is -2.34. The van der Waals surface area contributed by atoms with E-state index in [4.69, 9.17) is 15.6 Å². The maximum atomic E-state index is 11.7. The molecule has 120 valence electrons. The van der Waals surface area contributed by atoms with Gasteiger partial charge in [0.15, 0.2) is 0 Å². The van der Waals surface area contributed by atoms with Crippen molar-refractivity contribution in [3.8, 4) is 0 Å². The Labute approximate surface area is 129 Å². The molecule has 1 aliphatic carbocycles. The quantitative estimate of drug-likeness (QED) is 0.771. The summed E-state index contributed by atoms with van der Waals surface area (Å²) in [5, 5.41) is 11.9. The predicted molar refractivity (Wildman–Crippen MR) is 81.1 cm³/mol. The molecule has 1 fully saturated rings. The van der Waals surface area contributed by atoms with Crippen LogP contribution < -0.4 is 11.1 Å². The number of amides is 1. The van der Waals surface area contributed by atoms with Crippen molar-refractivity contribution in [1.29, 1.82) is 0 Å². The van der Waals surface area contributed by atoms with E-state index >= 15 is 0 Å². The molecule has 2 unspecified atom stereocenters. The van der Waals surface area contributed by atoms with Crippen molar-refractivity contribution in [2.75, 3.05) is 6.54 Å². The van der Waals surface area contributed by atoms with Crippen molar-refractivity contribution in [3.05, 3.63) is 35.9 Å². The molecule has 0 spiro atoms. The zero-order valence-corrected chi connectivity index (χ0v) is 12.5. The molecule has 0 heterocycles. The molecule has 6 heteroatoms. The number of hydrogen-bond acceptors (Lipinski definition) is 4. The van der Waals surface area contributed by atoms with E-state index < -0.39 is 17.6 Å². The molecule has 1 aromatic carbocycles. The third-order valence-electron chi connectivity index (χ3n) is 4.06. The number of carbonyl (C=O) groups is 2. The Bertz CT molecular complexity index is 520. The highest BCUT2D eigenvalue weighted by Crippen LogP contribution is 2.30. The van der Waals surface area contributed by atoms with Crippen LogP contribution in [0, 0.1) is 5.92 Å². The van der Waals surface area contributed by atoms with Gasteiger partial charge in [-0.25, -0.2) is 4.79 Å². The number of carbonyl (C=O) groups excluding carboxylic acids is 1. The molecule has 0 aromatic heterocycles. The summed E-state index contributed by atoms with van der Waals surface area (Å²) in [4.78, 5) is 22.9. The summed E-state index contributed by atoms with van der Waals surface area (Å²) >= 11 is 0. The fraction of sp³-hybridized carbons (Fsp3) is 0.500. The molecule has 2 rings (SSSR count). The van der Waals surface area contributed by atoms with Gasteiger partial charge in [-0.1, -0.05) is 36.8 Å². The molecule has 1 saturated carbocycles. The summed E-state index contributed by atoms with van der Waals surface area (Å²) in [7, 11) is 0. The van der Waals surface area contributed by atoms with Gasteiger partial charge in [0.2, 0.25) is 0 Å². The summed E-state index contributed by atoms with van der Waals surface area (Å²) in [5.41, 5.74) is 5.64. The van der Waals surface area contributed by atoms with Crippen molar-refractivity contribution >= 4 is 12.1 Å². The van der Waals surface area contributed by atoms with Crippen molar-refractivity contribution in [2.45, 2.75) is 37.8 Å². The zero-order valence-electron chi connectivity index (χ0n) is 12.5. The number of rotatable bonds is 5. The lowest BCUT2D eigenvalue weighted by Crippen LogP contribution is -2.52. The summed E-state index contributed by atoms with van der Waals surface area (Å²) in [5.74, 6) is -0.900. The Kier molecular flexibility index (Phi) is 5.38. The zero-order chi connectivity index (χ0) is 16.0. The molecular weight excluding hydrogens is 284 g/mol. The molecule has 0 bridgehead atoms. The number of hydrogen-bond donors (Lipinski definition) is 3. The van der Waals surface area contributed by atoms with Crippen LogP contribution >= 0.6 is 0 Å². The van der Waals surface area contributed by atoms with Crippen LogP contribution in [0.2, 0.25) is 0 Å². The lowest BCUT2D eigenvalue weighted by molar-refractivity contribution is -0.145. The fourth-order valence-corrected chi connectivity index (χ4v) is 2.80. The van der Waals surface area contributed by atoms with Crippen LogP contribution in [0.15, 0.2) is 30.3 Å². The van der Waals surface area contributed by atoms with E-state index in [-0.39, 0.29) is 12.5 Å². The number of carboxylic acid groups (broad SMARTS) is 1. The lowest BCUT2D eigenvalue weighted by atomic mass is 9.76. The van der Waals surface area contributed by atoms with Gasteiger partial charge in [-0.3, -0.25) is 4.79 Å². The van der Waals surface area contributed by atoms with E-state index in [2.05, 4.69) is 5.32 Å². The Hall–Kier alpha value is -2.08. The van der Waals surface area contributed by atoms with Gasteiger partial charge in [0, 0.05) is 6.54 Å². The minimum atomic E-state index is -1.17. The number of carboxylic acids is 1. The number of aliphatic carboxylic acids is 1. The SMILES string of the molecule is NC1(C(=O)O)CCCC(CNC(=O)OCc2ccccc2)C1. The third-order valence-corrected chi connectivity index (χ3v) is 4.06. The van der Waals surface area contributed by atoms with Gasteiger partial charge in [0.05, 0.1) is 0 Å². The molecule has 0 radical (unpaired) electrons. The Morgan fingerprint density at radius 1 is 1.36 bits per heavy atom. The topological polar surface area (TPSA) is 102 Å². The van der Waals surface area contributed by atoms with E-state index in [0.717, 1.165) is 18.4 Å². The number of alkyl carbamates (subject to hydrolysis) is 1. The van der Waals surface area contributed by atoms with Gasteiger partial charge >= 0.3 is 12.1 Å². The minimum absolute atomic E-state index is 0.0686. The average molecular weight is 306 g/mol. The standard InChI is InChI=1S/C16H22N2O4/c17-16(14(19)20)8-4-7-13(9-16)10-18-15(21)22-11-12-5-2-1-3-6-12/h1-3,5-6,13H,4,7-11,17H2,(H,18,21)(H,19,20). The van der Waals surface area contributed by atoms with Gasteiger partial charge in [-0.2, -0.15) is 0 Å². The van der Waals surface area contributed by atoms with Gasteiger partial charge < -0.3 is 20.9 Å². The number of ether oxygens (including phenoxy) is 1. The molecular formula is C16H22N2O4. The Morgan fingerprint density at radius 2 is 2.09 bits per heavy atom. The largest absolute Gasteiger partial charge is 0.480 e. The molecule has 1 aromatic rings. The van der Waals surface area contributed by atoms with Crippen LogP contribution in [-0.2, 0) is 16.1 Å². The number of nitrogens with one attached hydrogen (secondary N) is 1. The maximum absolute atomic E-state index is 11.7. The van der Waals surface area contributed by atoms with Crippen molar-refractivity contribution in [3.63, 3.8) is 0 Å². The highest BCUT2D eigenvalue weighted by atomic mass is 16.5. The monoisotopic (exact) mass is 306 g/mol. The van der Waals surface area contributed by atoms with Crippen molar-refractivity contribution in [2.24, 2.45) is 11.7 Å². The number of nitrogens with two attached hydrogens (primary N) is 1. The van der Waals surface area contributed by atoms with E-state index in [1.54, 1.807) is 0 Å². The van der Waals surface area contributed by atoms with Gasteiger partial charge in [-0.15, -0.1) is 0 Å². The average Bonchev–Trinajstić information content (AvgIpc) is 2.52. The normalized spacial score (nSPS) is 24.5. The first kappa shape index (κ1) is 16.3. The smallest absolute Gasteiger partial charge is 0.407 e. The summed E-state index contributed by atoms with van der Waals surface area (Å²) in [6, 6.07) is 9.42. The second-order valence-electron chi connectivity index (χ2n) is 5.87. The first-order valence-electron chi connectivity index (χ1n) is 7.46. The molecule has 2 atom stereocenters. The third kappa shape index (κ3) is 4.46. The molecule has 0 saturated heterocycles. The van der Waals surface area contributed by atoms with E-state index in [9.17, 15) is 9.59 Å². The first-order valence-corrected chi connectivity index (χ1v) is 7.46. The van der Waals surface area contributed by atoms with E-state index in [1.165, 1.54) is 0 Å². The molecule has 4 N–H and O–H groups in total. The molecule has 22 heavy (non-hydrogen) atoms. The van der Waals surface area contributed by atoms with Crippen LogP contribution in [-0.4, -0.2) is 29.3 Å². The molecule has 1 aliphatic rings. The van der Waals surface area contributed by atoms with Crippen LogP contribution in [0.3, 0.4) is 0 Å².